The quantitative estimate of drug-likeness (QED) is 0.866. The lowest BCUT2D eigenvalue weighted by atomic mass is 10.0. The molecule has 1 fully saturated rings. The monoisotopic (exact) mass is 236 g/mol. The fraction of sp³-hybridized carbons (Fsp3) is 0.769. The molecule has 0 atom stereocenters. The van der Waals surface area contributed by atoms with Gasteiger partial charge >= 0.3 is 0 Å². The highest BCUT2D eigenvalue weighted by molar-refractivity contribution is 5.47. The number of hydrogen-bond donors (Lipinski definition) is 1. The summed E-state index contributed by atoms with van der Waals surface area (Å²) in [5.41, 5.74) is 2.41. The van der Waals surface area contributed by atoms with Gasteiger partial charge in [-0.3, -0.25) is 4.68 Å². The van der Waals surface area contributed by atoms with Gasteiger partial charge in [0.15, 0.2) is 0 Å². The molecule has 2 heterocycles. The van der Waals surface area contributed by atoms with Crippen LogP contribution in [0.1, 0.15) is 32.4 Å². The summed E-state index contributed by atoms with van der Waals surface area (Å²) in [7, 11) is 1.99. The lowest BCUT2D eigenvalue weighted by molar-refractivity contribution is 0.229. The van der Waals surface area contributed by atoms with Gasteiger partial charge in [0.1, 0.15) is 0 Å². The Bertz CT molecular complexity index is 350. The molecule has 0 aliphatic carbocycles. The lowest BCUT2D eigenvalue weighted by Gasteiger charge is -2.31. The molecule has 96 valence electrons. The third kappa shape index (κ3) is 3.00. The summed E-state index contributed by atoms with van der Waals surface area (Å²) >= 11 is 0. The van der Waals surface area contributed by atoms with E-state index < -0.39 is 0 Å². The molecule has 0 bridgehead atoms. The summed E-state index contributed by atoms with van der Waals surface area (Å²) in [6, 6.07) is 0.618. The van der Waals surface area contributed by atoms with Gasteiger partial charge in [0, 0.05) is 32.4 Å². The smallest absolute Gasteiger partial charge is 0.0853 e. The lowest BCUT2D eigenvalue weighted by Crippen LogP contribution is -2.38. The number of likely N-dealkylation sites (tertiary alicyclic amines) is 1. The van der Waals surface area contributed by atoms with Gasteiger partial charge in [0.25, 0.3) is 0 Å². The summed E-state index contributed by atoms with van der Waals surface area (Å²) in [5, 5.41) is 8.13. The SMILES string of the molecule is CCc1nn(C)cc1NC1CCN(CC)CC1. The van der Waals surface area contributed by atoms with Crippen LogP contribution in [0.4, 0.5) is 5.69 Å². The number of aromatic nitrogens is 2. The van der Waals surface area contributed by atoms with Gasteiger partial charge in [0.2, 0.25) is 0 Å². The van der Waals surface area contributed by atoms with Gasteiger partial charge in [-0.1, -0.05) is 13.8 Å². The first kappa shape index (κ1) is 12.4. The fourth-order valence-electron chi connectivity index (χ4n) is 2.53. The second-order valence-corrected chi connectivity index (χ2v) is 4.87. The van der Waals surface area contributed by atoms with E-state index in [-0.39, 0.29) is 0 Å². The Hall–Kier alpha value is -1.03. The largest absolute Gasteiger partial charge is 0.379 e. The number of hydrogen-bond acceptors (Lipinski definition) is 3. The summed E-state index contributed by atoms with van der Waals surface area (Å²) in [5.74, 6) is 0. The molecule has 1 saturated heterocycles. The molecule has 0 unspecified atom stereocenters. The molecule has 1 N–H and O–H groups in total. The maximum absolute atomic E-state index is 4.47. The third-order valence-electron chi connectivity index (χ3n) is 3.63. The van der Waals surface area contributed by atoms with E-state index in [0.717, 1.165) is 6.42 Å². The van der Waals surface area contributed by atoms with Crippen molar-refractivity contribution in [2.75, 3.05) is 25.0 Å². The van der Waals surface area contributed by atoms with Gasteiger partial charge in [0.05, 0.1) is 11.4 Å². The molecule has 1 aromatic heterocycles. The molecule has 1 aliphatic heterocycles. The molecule has 1 aromatic rings. The van der Waals surface area contributed by atoms with E-state index in [0.29, 0.717) is 6.04 Å². The maximum Gasteiger partial charge on any atom is 0.0853 e. The van der Waals surface area contributed by atoms with E-state index in [1.807, 2.05) is 11.7 Å². The second-order valence-electron chi connectivity index (χ2n) is 4.87. The molecule has 0 spiro atoms. The van der Waals surface area contributed by atoms with Gasteiger partial charge in [-0.15, -0.1) is 0 Å². The van der Waals surface area contributed by atoms with Crippen LogP contribution in [-0.4, -0.2) is 40.4 Å². The number of piperidine rings is 1. The Labute approximate surface area is 104 Å². The molecule has 4 nitrogen and oxygen atoms in total. The van der Waals surface area contributed by atoms with Crippen molar-refractivity contribution in [3.05, 3.63) is 11.9 Å². The third-order valence-corrected chi connectivity index (χ3v) is 3.63. The average Bonchev–Trinajstić information content (AvgIpc) is 2.70. The molecule has 0 aromatic carbocycles. The van der Waals surface area contributed by atoms with Crippen molar-refractivity contribution in [1.29, 1.82) is 0 Å². The molecule has 0 radical (unpaired) electrons. The van der Waals surface area contributed by atoms with Crippen LogP contribution in [0.15, 0.2) is 6.20 Å². The molecule has 17 heavy (non-hydrogen) atoms. The summed E-state index contributed by atoms with van der Waals surface area (Å²) in [6.07, 6.45) is 5.58. The highest BCUT2D eigenvalue weighted by Crippen LogP contribution is 2.19. The van der Waals surface area contributed by atoms with E-state index in [1.165, 1.54) is 43.9 Å². The van der Waals surface area contributed by atoms with Crippen molar-refractivity contribution in [2.24, 2.45) is 7.05 Å². The van der Waals surface area contributed by atoms with Gasteiger partial charge in [-0.05, 0) is 25.8 Å². The molecule has 0 saturated carbocycles. The van der Waals surface area contributed by atoms with Crippen molar-refractivity contribution in [2.45, 2.75) is 39.2 Å². The average molecular weight is 236 g/mol. The van der Waals surface area contributed by atoms with Crippen LogP contribution in [0, 0.1) is 0 Å². The normalized spacial score (nSPS) is 18.5. The van der Waals surface area contributed by atoms with Crippen LogP contribution in [-0.2, 0) is 13.5 Å². The number of nitrogens with zero attached hydrogens (tertiary/aromatic N) is 3. The highest BCUT2D eigenvalue weighted by Gasteiger charge is 2.19. The maximum atomic E-state index is 4.47. The van der Waals surface area contributed by atoms with Crippen LogP contribution < -0.4 is 5.32 Å². The Kier molecular flexibility index (Phi) is 4.05. The Morgan fingerprint density at radius 3 is 2.65 bits per heavy atom. The minimum Gasteiger partial charge on any atom is -0.379 e. The van der Waals surface area contributed by atoms with E-state index >= 15 is 0 Å². The number of rotatable bonds is 4. The molecule has 1 aliphatic rings. The number of anilines is 1. The van der Waals surface area contributed by atoms with E-state index in [2.05, 4.69) is 35.4 Å². The fourth-order valence-corrected chi connectivity index (χ4v) is 2.53. The Morgan fingerprint density at radius 1 is 1.35 bits per heavy atom. The van der Waals surface area contributed by atoms with Crippen molar-refractivity contribution < 1.29 is 0 Å². The van der Waals surface area contributed by atoms with Crippen LogP contribution >= 0.6 is 0 Å². The zero-order valence-electron chi connectivity index (χ0n) is 11.2. The van der Waals surface area contributed by atoms with Crippen LogP contribution in [0.2, 0.25) is 0 Å². The van der Waals surface area contributed by atoms with Gasteiger partial charge < -0.3 is 10.2 Å². The first-order valence-corrected chi connectivity index (χ1v) is 6.74. The predicted molar refractivity (Wildman–Crippen MR) is 71.3 cm³/mol. The van der Waals surface area contributed by atoms with Crippen molar-refractivity contribution in [3.63, 3.8) is 0 Å². The molecule has 0 amide bonds. The predicted octanol–water partition coefficient (Wildman–Crippen LogP) is 1.88. The first-order valence-electron chi connectivity index (χ1n) is 6.74. The molecule has 2 rings (SSSR count). The second kappa shape index (κ2) is 5.54. The standard InChI is InChI=1S/C13H24N4/c1-4-12-13(10-16(3)15-12)14-11-6-8-17(5-2)9-7-11/h10-11,14H,4-9H2,1-3H3. The number of nitrogens with one attached hydrogen (secondary N) is 1. The van der Waals surface area contributed by atoms with E-state index in [4.69, 9.17) is 0 Å². The van der Waals surface area contributed by atoms with Crippen LogP contribution in [0.5, 0.6) is 0 Å². The van der Waals surface area contributed by atoms with Gasteiger partial charge in [-0.25, -0.2) is 0 Å². The summed E-state index contributed by atoms with van der Waals surface area (Å²) in [4.78, 5) is 2.52. The topological polar surface area (TPSA) is 33.1 Å². The van der Waals surface area contributed by atoms with Crippen LogP contribution in [0.3, 0.4) is 0 Å². The molecular formula is C13H24N4. The zero-order chi connectivity index (χ0) is 12.3. The minimum atomic E-state index is 0.618. The van der Waals surface area contributed by atoms with Gasteiger partial charge in [-0.2, -0.15) is 5.10 Å². The molecule has 4 heteroatoms. The first-order chi connectivity index (χ1) is 8.22. The minimum absolute atomic E-state index is 0.618. The summed E-state index contributed by atoms with van der Waals surface area (Å²) in [6.45, 7) is 8.02. The zero-order valence-corrected chi connectivity index (χ0v) is 11.2. The van der Waals surface area contributed by atoms with E-state index in [1.54, 1.807) is 0 Å². The van der Waals surface area contributed by atoms with Crippen molar-refractivity contribution in [1.82, 2.24) is 14.7 Å². The Morgan fingerprint density at radius 2 is 2.06 bits per heavy atom. The summed E-state index contributed by atoms with van der Waals surface area (Å²) < 4.78 is 1.91. The highest BCUT2D eigenvalue weighted by atomic mass is 15.3. The Balaban J connectivity index is 1.92. The molecular weight excluding hydrogens is 212 g/mol. The van der Waals surface area contributed by atoms with Crippen molar-refractivity contribution >= 4 is 5.69 Å². The van der Waals surface area contributed by atoms with Crippen molar-refractivity contribution in [3.8, 4) is 0 Å². The van der Waals surface area contributed by atoms with E-state index in [9.17, 15) is 0 Å². The number of aryl methyl sites for hydroxylation is 2. The van der Waals surface area contributed by atoms with Crippen LogP contribution in [0.25, 0.3) is 0 Å².